The van der Waals surface area contributed by atoms with Crippen LogP contribution in [0.15, 0.2) is 54.2 Å². The van der Waals surface area contributed by atoms with Gasteiger partial charge in [-0.15, -0.1) is 0 Å². The number of aromatic hydroxyl groups is 1. The van der Waals surface area contributed by atoms with Gasteiger partial charge < -0.3 is 35.4 Å². The summed E-state index contributed by atoms with van der Waals surface area (Å²) in [6.45, 7) is 20.7. The number of hydrogen-bond acceptors (Lipinski definition) is 8. The van der Waals surface area contributed by atoms with Gasteiger partial charge in [-0.3, -0.25) is 4.79 Å². The highest BCUT2D eigenvalue weighted by Crippen LogP contribution is 2.39. The predicted molar refractivity (Wildman–Crippen MR) is 217 cm³/mol. The molecule has 2 heterocycles. The van der Waals surface area contributed by atoms with Crippen LogP contribution in [0, 0.1) is 5.41 Å². The molecule has 1 aliphatic rings. The van der Waals surface area contributed by atoms with E-state index in [0.717, 1.165) is 88.6 Å². The number of aryl methyl sites for hydroxylation is 1. The number of aldehydes is 1. The van der Waals surface area contributed by atoms with Crippen LogP contribution in [-0.4, -0.2) is 71.9 Å². The first-order valence-electron chi connectivity index (χ1n) is 18.8. The average Bonchev–Trinajstić information content (AvgIpc) is 3.47. The van der Waals surface area contributed by atoms with Crippen molar-refractivity contribution in [1.29, 1.82) is 0 Å². The Kier molecular flexibility index (Phi) is 20.9. The number of methoxy groups -OCH3 is 1. The van der Waals surface area contributed by atoms with Crippen molar-refractivity contribution in [3.8, 4) is 16.9 Å². The van der Waals surface area contributed by atoms with Crippen LogP contribution in [0.2, 0.25) is 0 Å². The van der Waals surface area contributed by atoms with Gasteiger partial charge in [0, 0.05) is 57.0 Å². The van der Waals surface area contributed by atoms with Crippen molar-refractivity contribution >= 4 is 29.2 Å². The summed E-state index contributed by atoms with van der Waals surface area (Å²) in [4.78, 5) is 21.0. The van der Waals surface area contributed by atoms with Crippen LogP contribution >= 0.6 is 0 Å². The Morgan fingerprint density at radius 3 is 2.33 bits per heavy atom. The maximum Gasteiger partial charge on any atom is 0.207 e. The zero-order valence-corrected chi connectivity index (χ0v) is 33.7. The van der Waals surface area contributed by atoms with E-state index < -0.39 is 0 Å². The summed E-state index contributed by atoms with van der Waals surface area (Å²) in [5.74, 6) is 0.144. The molecule has 10 nitrogen and oxygen atoms in total. The molecule has 3 aromatic rings. The monoisotopic (exact) mass is 722 g/mol. The highest BCUT2D eigenvalue weighted by Gasteiger charge is 2.27. The quantitative estimate of drug-likeness (QED) is 0.0860. The van der Waals surface area contributed by atoms with E-state index in [1.165, 1.54) is 0 Å². The zero-order valence-electron chi connectivity index (χ0n) is 33.7. The molecular formula is C42H67N5O5. The van der Waals surface area contributed by atoms with Crippen LogP contribution in [0.4, 0.5) is 0 Å². The third-order valence-electron chi connectivity index (χ3n) is 8.89. The first kappa shape index (κ1) is 46.1. The molecule has 0 saturated carbocycles. The van der Waals surface area contributed by atoms with Crippen molar-refractivity contribution in [3.05, 3.63) is 71.1 Å². The van der Waals surface area contributed by atoms with E-state index in [-0.39, 0.29) is 29.9 Å². The summed E-state index contributed by atoms with van der Waals surface area (Å²) in [6.07, 6.45) is 8.58. The number of carbonyl (C=O) groups excluding carboxylic acids is 2. The number of hydrazine groups is 1. The molecule has 6 N–H and O–H groups in total. The van der Waals surface area contributed by atoms with Gasteiger partial charge in [-0.05, 0) is 121 Å². The van der Waals surface area contributed by atoms with Gasteiger partial charge in [-0.1, -0.05) is 54.5 Å². The lowest BCUT2D eigenvalue weighted by atomic mass is 9.83. The molecule has 1 aliphatic heterocycles. The number of aliphatic hydroxyl groups excluding tert-OH is 1. The molecule has 1 saturated heterocycles. The highest BCUT2D eigenvalue weighted by atomic mass is 16.5. The lowest BCUT2D eigenvalue weighted by molar-refractivity contribution is -0.111. The number of nitrogens with two attached hydrogens (primary N) is 1. The molecule has 2 atom stereocenters. The number of nitrogens with zero attached hydrogens (tertiary/aromatic N) is 2. The number of ether oxygens (including phenoxy) is 1. The summed E-state index contributed by atoms with van der Waals surface area (Å²) in [5, 5.41) is 26.3. The lowest BCUT2D eigenvalue weighted by Crippen LogP contribution is -2.47. The van der Waals surface area contributed by atoms with Gasteiger partial charge >= 0.3 is 0 Å². The summed E-state index contributed by atoms with van der Waals surface area (Å²) in [6, 6.07) is 11.8. The molecule has 52 heavy (non-hydrogen) atoms. The number of phenolic OH excluding ortho intramolecular Hbond substituents is 1. The Bertz CT molecular complexity index is 1590. The number of aliphatic hydroxyl groups is 1. The second-order valence-corrected chi connectivity index (χ2v) is 13.2. The average molecular weight is 722 g/mol. The Hall–Kier alpha value is -3.96. The standard InChI is InChI=1S/C32H43N3O4.C6H12N2O.2C2H6/c1-7-30(39-6)26(11-12-33)21(3)31-28(17-32(4,5)19-36)27-16-23(9-10-29(27)35(31)8-2)24-13-22(18-34-20-37)14-25(38)15-24;1-8-4-2-3-6(5-9)7-8;2*1-2/h9-16,20,30,36,38H,7-8,17-19,33H2,1-6H3,(H,34,37);5-7H,2-4H2,1H3;2*1-2H3/b12-11-,26-21-;;;/t;6-;;/m.0../s1. The van der Waals surface area contributed by atoms with Gasteiger partial charge in [-0.25, -0.2) is 10.4 Å². The van der Waals surface area contributed by atoms with Crippen molar-refractivity contribution in [2.45, 2.75) is 113 Å². The number of aromatic nitrogens is 1. The van der Waals surface area contributed by atoms with E-state index in [1.54, 1.807) is 25.4 Å². The molecule has 0 spiro atoms. The molecule has 1 amide bonds. The molecule has 1 fully saturated rings. The summed E-state index contributed by atoms with van der Waals surface area (Å²) in [5.41, 5.74) is 16.7. The lowest BCUT2D eigenvalue weighted by Gasteiger charge is -2.27. The molecule has 0 bridgehead atoms. The first-order valence-corrected chi connectivity index (χ1v) is 18.8. The minimum atomic E-state index is -0.341. The Balaban J connectivity index is 0.000000885. The Morgan fingerprint density at radius 1 is 1.12 bits per heavy atom. The molecule has 1 unspecified atom stereocenters. The topological polar surface area (TPSA) is 142 Å². The van der Waals surface area contributed by atoms with Gasteiger partial charge in [0.25, 0.3) is 0 Å². The number of fused-ring (bicyclic) bond motifs is 1. The third kappa shape index (κ3) is 12.6. The molecule has 0 radical (unpaired) electrons. The number of nitrogens with one attached hydrogen (secondary N) is 2. The first-order chi connectivity index (χ1) is 25.0. The number of rotatable bonds is 14. The van der Waals surface area contributed by atoms with Crippen LogP contribution in [0.1, 0.15) is 98.4 Å². The number of allylic oxidation sites excluding steroid dienone is 1. The largest absolute Gasteiger partial charge is 0.508 e. The van der Waals surface area contributed by atoms with Crippen LogP contribution in [0.5, 0.6) is 5.75 Å². The molecule has 2 aromatic carbocycles. The van der Waals surface area contributed by atoms with Crippen molar-refractivity contribution in [1.82, 2.24) is 20.3 Å². The van der Waals surface area contributed by atoms with Crippen molar-refractivity contribution in [2.75, 3.05) is 27.3 Å². The second kappa shape index (κ2) is 23.6. The number of amides is 1. The molecular weight excluding hydrogens is 654 g/mol. The SMILES string of the molecule is CC.CC.CCC(OC)C(/C=C\N)=C(/C)c1c(CC(C)(C)CO)c2cc(-c3cc(O)cc(CNC=O)c3)ccc2n1CC.CN1CCC[C@@H](C=O)N1. The molecule has 1 aromatic heterocycles. The summed E-state index contributed by atoms with van der Waals surface area (Å²) in [7, 11) is 3.67. The minimum absolute atomic E-state index is 0.0541. The molecule has 4 rings (SSSR count). The van der Waals surface area contributed by atoms with Gasteiger partial charge in [0.2, 0.25) is 6.41 Å². The van der Waals surface area contributed by atoms with Crippen LogP contribution in [0.3, 0.4) is 0 Å². The summed E-state index contributed by atoms with van der Waals surface area (Å²) >= 11 is 0. The predicted octanol–water partition coefficient (Wildman–Crippen LogP) is 7.35. The van der Waals surface area contributed by atoms with Gasteiger partial charge in [-0.2, -0.15) is 0 Å². The fourth-order valence-electron chi connectivity index (χ4n) is 6.46. The van der Waals surface area contributed by atoms with Gasteiger partial charge in [0.05, 0.1) is 12.1 Å². The van der Waals surface area contributed by atoms with E-state index in [2.05, 4.69) is 68.1 Å². The zero-order chi connectivity index (χ0) is 39.4. The van der Waals surface area contributed by atoms with E-state index >= 15 is 0 Å². The van der Waals surface area contributed by atoms with E-state index in [1.807, 2.05) is 51.9 Å². The fraction of sp³-hybridized carbons (Fsp3) is 0.524. The number of carbonyl (C=O) groups is 2. The van der Waals surface area contributed by atoms with E-state index in [0.29, 0.717) is 19.4 Å². The highest BCUT2D eigenvalue weighted by molar-refractivity contribution is 5.94. The Labute approximate surface area is 313 Å². The minimum Gasteiger partial charge on any atom is -0.508 e. The van der Waals surface area contributed by atoms with Crippen molar-refractivity contribution in [3.63, 3.8) is 0 Å². The number of hydrogen-bond donors (Lipinski definition) is 5. The maximum atomic E-state index is 10.8. The second-order valence-electron chi connectivity index (χ2n) is 13.2. The number of phenols is 1. The normalized spacial score (nSPS) is 15.7. The fourth-order valence-corrected chi connectivity index (χ4v) is 6.46. The van der Waals surface area contributed by atoms with Gasteiger partial charge in [0.15, 0.2) is 0 Å². The maximum absolute atomic E-state index is 10.8. The van der Waals surface area contributed by atoms with Crippen molar-refractivity contribution in [2.24, 2.45) is 11.1 Å². The van der Waals surface area contributed by atoms with E-state index in [9.17, 15) is 19.8 Å². The number of benzene rings is 2. The third-order valence-corrected chi connectivity index (χ3v) is 8.89. The van der Waals surface area contributed by atoms with Crippen LogP contribution in [-0.2, 0) is 33.8 Å². The smallest absolute Gasteiger partial charge is 0.207 e. The van der Waals surface area contributed by atoms with Crippen molar-refractivity contribution < 1.29 is 24.5 Å². The molecule has 10 heteroatoms. The van der Waals surface area contributed by atoms with Crippen LogP contribution in [0.25, 0.3) is 27.6 Å². The summed E-state index contributed by atoms with van der Waals surface area (Å²) < 4.78 is 8.15. The molecule has 290 valence electrons. The molecule has 0 aliphatic carbocycles. The Morgan fingerprint density at radius 2 is 1.81 bits per heavy atom. The van der Waals surface area contributed by atoms with E-state index in [4.69, 9.17) is 10.5 Å². The van der Waals surface area contributed by atoms with Gasteiger partial charge in [0.1, 0.15) is 12.0 Å². The van der Waals surface area contributed by atoms with Crippen LogP contribution < -0.4 is 16.5 Å².